The van der Waals surface area contributed by atoms with E-state index in [0.29, 0.717) is 18.7 Å². The summed E-state index contributed by atoms with van der Waals surface area (Å²) in [4.78, 5) is 16.1. The number of nitrogens with one attached hydrogen (secondary N) is 4. The number of phenolic OH excluding ortho intramolecular Hbond substituents is 1. The zero-order valence-electron chi connectivity index (χ0n) is 17.1. The van der Waals surface area contributed by atoms with E-state index in [9.17, 15) is 9.90 Å². The van der Waals surface area contributed by atoms with Crippen LogP contribution in [-0.4, -0.2) is 26.2 Å². The average Bonchev–Trinajstić information content (AvgIpc) is 3.48. The summed E-state index contributed by atoms with van der Waals surface area (Å²) in [5.41, 5.74) is 6.62. The molecule has 1 atom stereocenters. The molecule has 158 valence electrons. The first-order valence-electron chi connectivity index (χ1n) is 10.5. The van der Waals surface area contributed by atoms with Gasteiger partial charge in [0.1, 0.15) is 5.75 Å². The number of aromatic amines is 2. The Balaban J connectivity index is 1.34. The Labute approximate surface area is 183 Å². The Kier molecular flexibility index (Phi) is 4.22. The minimum absolute atomic E-state index is 0.123. The first-order valence-corrected chi connectivity index (χ1v) is 10.5. The lowest BCUT2D eigenvalue weighted by Gasteiger charge is -2.15. The fraction of sp³-hybridized carbons (Fsp3) is 0.120. The van der Waals surface area contributed by atoms with Gasteiger partial charge in [-0.05, 0) is 41.5 Å². The lowest BCUT2D eigenvalue weighted by atomic mass is 9.95. The topological polar surface area (TPSA) is 106 Å². The van der Waals surface area contributed by atoms with Gasteiger partial charge in [0.05, 0.1) is 17.8 Å². The van der Waals surface area contributed by atoms with Gasteiger partial charge >= 0.3 is 0 Å². The summed E-state index contributed by atoms with van der Waals surface area (Å²) in [6.07, 6.45) is 1.81. The van der Waals surface area contributed by atoms with Gasteiger partial charge in [0, 0.05) is 46.2 Å². The molecule has 0 saturated heterocycles. The summed E-state index contributed by atoms with van der Waals surface area (Å²) >= 11 is 0. The van der Waals surface area contributed by atoms with Gasteiger partial charge in [0.2, 0.25) is 0 Å². The minimum Gasteiger partial charge on any atom is -0.508 e. The van der Waals surface area contributed by atoms with Crippen LogP contribution >= 0.6 is 0 Å². The minimum atomic E-state index is -0.320. The van der Waals surface area contributed by atoms with Crippen molar-refractivity contribution in [1.82, 2.24) is 25.8 Å². The van der Waals surface area contributed by atoms with Crippen molar-refractivity contribution < 1.29 is 9.90 Å². The monoisotopic (exact) mass is 423 g/mol. The van der Waals surface area contributed by atoms with Gasteiger partial charge in [0.25, 0.3) is 5.91 Å². The molecule has 3 heterocycles. The molecule has 3 aromatic carbocycles. The highest BCUT2D eigenvalue weighted by molar-refractivity contribution is 6.01. The van der Waals surface area contributed by atoms with Crippen molar-refractivity contribution in [1.29, 1.82) is 0 Å². The highest BCUT2D eigenvalue weighted by Crippen LogP contribution is 2.38. The van der Waals surface area contributed by atoms with Crippen LogP contribution < -0.4 is 10.6 Å². The van der Waals surface area contributed by atoms with Crippen molar-refractivity contribution in [2.75, 3.05) is 0 Å². The van der Waals surface area contributed by atoms with E-state index in [-0.39, 0.29) is 17.7 Å². The molecule has 1 amide bonds. The molecule has 7 nitrogen and oxygen atoms in total. The Morgan fingerprint density at radius 1 is 1.00 bits per heavy atom. The van der Waals surface area contributed by atoms with Gasteiger partial charge in [-0.1, -0.05) is 30.3 Å². The second-order valence-electron chi connectivity index (χ2n) is 8.14. The van der Waals surface area contributed by atoms with E-state index < -0.39 is 0 Å². The first-order chi connectivity index (χ1) is 15.7. The maximum Gasteiger partial charge on any atom is 0.252 e. The smallest absolute Gasteiger partial charge is 0.252 e. The fourth-order valence-electron chi connectivity index (χ4n) is 4.62. The van der Waals surface area contributed by atoms with Crippen LogP contribution in [-0.2, 0) is 13.1 Å². The van der Waals surface area contributed by atoms with Gasteiger partial charge in [0.15, 0.2) is 0 Å². The number of hydrogen-bond donors (Lipinski definition) is 5. The molecule has 7 heteroatoms. The van der Waals surface area contributed by atoms with Crippen molar-refractivity contribution in [3.05, 3.63) is 94.8 Å². The third-order valence-electron chi connectivity index (χ3n) is 6.12. The Morgan fingerprint density at radius 3 is 2.84 bits per heavy atom. The summed E-state index contributed by atoms with van der Waals surface area (Å²) in [6, 6.07) is 18.9. The molecule has 0 aliphatic carbocycles. The number of para-hydroxylation sites is 1. The quantitative estimate of drug-likeness (QED) is 0.296. The zero-order chi connectivity index (χ0) is 21.7. The number of fused-ring (bicyclic) bond motifs is 3. The van der Waals surface area contributed by atoms with Crippen LogP contribution in [0.4, 0.5) is 0 Å². The molecule has 1 aliphatic heterocycles. The first kappa shape index (κ1) is 18.7. The van der Waals surface area contributed by atoms with Crippen LogP contribution in [0.2, 0.25) is 0 Å². The molecule has 2 aromatic heterocycles. The van der Waals surface area contributed by atoms with Crippen molar-refractivity contribution in [2.45, 2.75) is 19.1 Å². The summed E-state index contributed by atoms with van der Waals surface area (Å²) in [5, 5.41) is 25.9. The summed E-state index contributed by atoms with van der Waals surface area (Å²) in [5.74, 6) is 0.0287. The van der Waals surface area contributed by atoms with Gasteiger partial charge in [-0.2, -0.15) is 5.10 Å². The third kappa shape index (κ3) is 3.02. The van der Waals surface area contributed by atoms with E-state index in [1.54, 1.807) is 18.2 Å². The average molecular weight is 423 g/mol. The number of rotatable bonds is 5. The fourth-order valence-corrected chi connectivity index (χ4v) is 4.62. The van der Waals surface area contributed by atoms with E-state index >= 15 is 0 Å². The number of benzene rings is 3. The van der Waals surface area contributed by atoms with E-state index in [0.717, 1.165) is 44.2 Å². The van der Waals surface area contributed by atoms with Gasteiger partial charge in [-0.3, -0.25) is 9.89 Å². The van der Waals surface area contributed by atoms with Crippen LogP contribution in [0, 0.1) is 0 Å². The molecule has 0 fully saturated rings. The molecule has 5 aromatic rings. The highest BCUT2D eigenvalue weighted by atomic mass is 16.3. The second-order valence-corrected chi connectivity index (χ2v) is 8.14. The predicted octanol–water partition coefficient (Wildman–Crippen LogP) is 3.87. The summed E-state index contributed by atoms with van der Waals surface area (Å²) in [7, 11) is 0. The van der Waals surface area contributed by atoms with E-state index in [1.807, 2.05) is 24.4 Å². The maximum absolute atomic E-state index is 12.6. The standard InChI is InChI=1S/C25H21N5O2/c31-16-7-8-17-19(10-16)24(29-25(17)32)23-18-3-1-2-4-20(18)28-22(23)13-26-11-14-5-6-15-12-27-30-21(15)9-14/h1-10,12,24,26,28,31H,11,13H2,(H,27,30)(H,29,32). The molecule has 1 aliphatic rings. The van der Waals surface area contributed by atoms with Gasteiger partial charge in [-0.15, -0.1) is 0 Å². The summed E-state index contributed by atoms with van der Waals surface area (Å²) < 4.78 is 0. The lowest BCUT2D eigenvalue weighted by Crippen LogP contribution is -2.22. The Morgan fingerprint density at radius 2 is 1.91 bits per heavy atom. The van der Waals surface area contributed by atoms with Crippen molar-refractivity contribution >= 4 is 27.7 Å². The molecule has 5 N–H and O–H groups in total. The van der Waals surface area contributed by atoms with E-state index in [1.165, 1.54) is 0 Å². The molecule has 6 rings (SSSR count). The van der Waals surface area contributed by atoms with Crippen molar-refractivity contribution in [3.8, 4) is 5.75 Å². The molecular weight excluding hydrogens is 402 g/mol. The molecule has 0 spiro atoms. The molecule has 0 radical (unpaired) electrons. The number of H-pyrrole nitrogens is 2. The second kappa shape index (κ2) is 7.25. The summed E-state index contributed by atoms with van der Waals surface area (Å²) in [6.45, 7) is 1.30. The van der Waals surface area contributed by atoms with Crippen LogP contribution in [0.5, 0.6) is 5.75 Å². The third-order valence-corrected chi connectivity index (χ3v) is 6.12. The van der Waals surface area contributed by atoms with Gasteiger partial charge in [-0.25, -0.2) is 0 Å². The van der Waals surface area contributed by atoms with Crippen LogP contribution in [0.25, 0.3) is 21.8 Å². The Hall–Kier alpha value is -4.10. The van der Waals surface area contributed by atoms with Crippen molar-refractivity contribution in [2.24, 2.45) is 0 Å². The number of phenols is 1. The molecule has 1 unspecified atom stereocenters. The predicted molar refractivity (Wildman–Crippen MR) is 122 cm³/mol. The zero-order valence-corrected chi connectivity index (χ0v) is 17.1. The number of carbonyl (C=O) groups is 1. The van der Waals surface area contributed by atoms with E-state index in [2.05, 4.69) is 50.1 Å². The number of aromatic nitrogens is 3. The molecule has 32 heavy (non-hydrogen) atoms. The van der Waals surface area contributed by atoms with Crippen LogP contribution in [0.3, 0.4) is 0 Å². The number of carbonyl (C=O) groups excluding carboxylic acids is 1. The number of aromatic hydroxyl groups is 1. The SMILES string of the molecule is O=C1NC(c2c(CNCc3ccc4cn[nH]c4c3)[nH]c3ccccc23)c2cc(O)ccc21. The van der Waals surface area contributed by atoms with Gasteiger partial charge < -0.3 is 20.7 Å². The number of amides is 1. The Bertz CT molecular complexity index is 1480. The number of nitrogens with zero attached hydrogens (tertiary/aromatic N) is 1. The molecule has 0 saturated carbocycles. The van der Waals surface area contributed by atoms with Crippen LogP contribution in [0.1, 0.15) is 38.8 Å². The maximum atomic E-state index is 12.6. The lowest BCUT2D eigenvalue weighted by molar-refractivity contribution is 0.0960. The van der Waals surface area contributed by atoms with Crippen LogP contribution in [0.15, 0.2) is 66.9 Å². The largest absolute Gasteiger partial charge is 0.508 e. The molecular formula is C25H21N5O2. The van der Waals surface area contributed by atoms with Crippen molar-refractivity contribution in [3.63, 3.8) is 0 Å². The normalized spacial score (nSPS) is 15.4. The molecule has 0 bridgehead atoms. The number of hydrogen-bond acceptors (Lipinski definition) is 4. The van der Waals surface area contributed by atoms with E-state index in [4.69, 9.17) is 0 Å². The highest BCUT2D eigenvalue weighted by Gasteiger charge is 2.33.